The molecule has 6 nitrogen and oxygen atoms in total. The summed E-state index contributed by atoms with van der Waals surface area (Å²) in [5, 5.41) is 0.679. The van der Waals surface area contributed by atoms with E-state index in [1.807, 2.05) is 59.5 Å². The van der Waals surface area contributed by atoms with Crippen LogP contribution < -0.4 is 9.64 Å². The molecule has 1 aliphatic rings. The number of carbonyl (C=O) groups is 1. The molecule has 1 amide bonds. The largest absolute Gasteiger partial charge is 0.497 e. The van der Waals surface area contributed by atoms with Gasteiger partial charge >= 0.3 is 0 Å². The van der Waals surface area contributed by atoms with Crippen molar-refractivity contribution in [3.63, 3.8) is 0 Å². The molecule has 0 saturated carbocycles. The minimum atomic E-state index is 0.136. The van der Waals surface area contributed by atoms with E-state index in [0.29, 0.717) is 24.5 Å². The molecular weight excluding hydrogens is 400 g/mol. The number of carbonyl (C=O) groups excluding carboxylic acids is 1. The molecular formula is C23H23ClN4O2. The van der Waals surface area contributed by atoms with Crippen molar-refractivity contribution in [2.24, 2.45) is 0 Å². The van der Waals surface area contributed by atoms with Gasteiger partial charge in [-0.3, -0.25) is 4.79 Å². The minimum Gasteiger partial charge on any atom is -0.497 e. The number of rotatable bonds is 5. The van der Waals surface area contributed by atoms with Crippen LogP contribution in [0.4, 0.5) is 5.82 Å². The first-order chi connectivity index (χ1) is 14.6. The Morgan fingerprint density at radius 2 is 1.80 bits per heavy atom. The van der Waals surface area contributed by atoms with Crippen LogP contribution in [0.5, 0.6) is 5.75 Å². The van der Waals surface area contributed by atoms with Gasteiger partial charge < -0.3 is 14.5 Å². The van der Waals surface area contributed by atoms with Crippen LogP contribution in [0, 0.1) is 0 Å². The zero-order valence-electron chi connectivity index (χ0n) is 16.8. The molecule has 7 heteroatoms. The molecule has 3 aromatic rings. The summed E-state index contributed by atoms with van der Waals surface area (Å²) in [6.45, 7) is 2.82. The van der Waals surface area contributed by atoms with E-state index in [9.17, 15) is 4.79 Å². The Morgan fingerprint density at radius 3 is 2.53 bits per heavy atom. The number of hydrogen-bond acceptors (Lipinski definition) is 5. The van der Waals surface area contributed by atoms with Crippen LogP contribution in [0.1, 0.15) is 5.56 Å². The molecule has 30 heavy (non-hydrogen) atoms. The highest BCUT2D eigenvalue weighted by Crippen LogP contribution is 2.25. The number of ether oxygens (including phenoxy) is 1. The average Bonchev–Trinajstić information content (AvgIpc) is 2.81. The predicted octanol–water partition coefficient (Wildman–Crippen LogP) is 3.70. The molecule has 2 aromatic carbocycles. The van der Waals surface area contributed by atoms with Crippen molar-refractivity contribution >= 4 is 23.3 Å². The SMILES string of the molecule is COc1cccc(-c2cc(N3CCN(C(=O)Cc4ccc(Cl)cc4)CC3)ncn2)c1. The lowest BCUT2D eigenvalue weighted by atomic mass is 10.1. The lowest BCUT2D eigenvalue weighted by molar-refractivity contribution is -0.130. The number of halogens is 1. The fraction of sp³-hybridized carbons (Fsp3) is 0.261. The third-order valence-corrected chi connectivity index (χ3v) is 5.50. The Kier molecular flexibility index (Phi) is 6.14. The van der Waals surface area contributed by atoms with Gasteiger partial charge in [-0.05, 0) is 29.8 Å². The van der Waals surface area contributed by atoms with E-state index >= 15 is 0 Å². The summed E-state index contributed by atoms with van der Waals surface area (Å²) in [5.41, 5.74) is 2.81. The third kappa shape index (κ3) is 4.71. The fourth-order valence-electron chi connectivity index (χ4n) is 3.53. The van der Waals surface area contributed by atoms with Crippen LogP contribution in [0.3, 0.4) is 0 Å². The smallest absolute Gasteiger partial charge is 0.227 e. The average molecular weight is 423 g/mol. The second-order valence-electron chi connectivity index (χ2n) is 7.16. The van der Waals surface area contributed by atoms with Crippen LogP contribution in [0.25, 0.3) is 11.3 Å². The summed E-state index contributed by atoms with van der Waals surface area (Å²) in [6, 6.07) is 17.2. The molecule has 0 unspecified atom stereocenters. The third-order valence-electron chi connectivity index (χ3n) is 5.24. The number of benzene rings is 2. The van der Waals surface area contributed by atoms with Crippen molar-refractivity contribution in [3.8, 4) is 17.0 Å². The Balaban J connectivity index is 1.39. The summed E-state index contributed by atoms with van der Waals surface area (Å²) in [6.07, 6.45) is 1.98. The van der Waals surface area contributed by atoms with Crippen molar-refractivity contribution < 1.29 is 9.53 Å². The molecule has 1 aromatic heterocycles. The van der Waals surface area contributed by atoms with Gasteiger partial charge in [0.2, 0.25) is 5.91 Å². The summed E-state index contributed by atoms with van der Waals surface area (Å²) >= 11 is 5.92. The number of nitrogens with zero attached hydrogens (tertiary/aromatic N) is 4. The molecule has 154 valence electrons. The first-order valence-corrected chi connectivity index (χ1v) is 10.2. The molecule has 0 radical (unpaired) electrons. The van der Waals surface area contributed by atoms with Gasteiger partial charge in [-0.1, -0.05) is 35.9 Å². The summed E-state index contributed by atoms with van der Waals surface area (Å²) < 4.78 is 5.31. The maximum absolute atomic E-state index is 12.6. The molecule has 0 N–H and O–H groups in total. The number of aromatic nitrogens is 2. The number of hydrogen-bond donors (Lipinski definition) is 0. The minimum absolute atomic E-state index is 0.136. The highest BCUT2D eigenvalue weighted by Gasteiger charge is 2.22. The van der Waals surface area contributed by atoms with Crippen molar-refractivity contribution in [1.82, 2.24) is 14.9 Å². The first kappa shape index (κ1) is 20.2. The fourth-order valence-corrected chi connectivity index (χ4v) is 3.66. The molecule has 0 bridgehead atoms. The number of piperazine rings is 1. The lowest BCUT2D eigenvalue weighted by Crippen LogP contribution is -2.49. The van der Waals surface area contributed by atoms with E-state index in [-0.39, 0.29) is 5.91 Å². The molecule has 0 spiro atoms. The van der Waals surface area contributed by atoms with Gasteiger partial charge in [-0.2, -0.15) is 0 Å². The second-order valence-corrected chi connectivity index (χ2v) is 7.60. The highest BCUT2D eigenvalue weighted by molar-refractivity contribution is 6.30. The quantitative estimate of drug-likeness (QED) is 0.627. The van der Waals surface area contributed by atoms with Crippen molar-refractivity contribution in [2.45, 2.75) is 6.42 Å². The van der Waals surface area contributed by atoms with Gasteiger partial charge in [-0.25, -0.2) is 9.97 Å². The van der Waals surface area contributed by atoms with Crippen molar-refractivity contribution in [3.05, 3.63) is 71.5 Å². The van der Waals surface area contributed by atoms with Crippen molar-refractivity contribution in [1.29, 1.82) is 0 Å². The molecule has 0 atom stereocenters. The monoisotopic (exact) mass is 422 g/mol. The standard InChI is InChI=1S/C23H23ClN4O2/c1-30-20-4-2-3-18(14-20)21-15-22(26-16-25-21)27-9-11-28(12-10-27)23(29)13-17-5-7-19(24)8-6-17/h2-8,14-16H,9-13H2,1H3. The Labute approximate surface area is 181 Å². The Bertz CT molecular complexity index is 1020. The van der Waals surface area contributed by atoms with E-state index < -0.39 is 0 Å². The molecule has 4 rings (SSSR count). The zero-order valence-corrected chi connectivity index (χ0v) is 17.5. The summed E-state index contributed by atoms with van der Waals surface area (Å²) in [5.74, 6) is 1.80. The highest BCUT2D eigenvalue weighted by atomic mass is 35.5. The molecule has 1 saturated heterocycles. The van der Waals surface area contributed by atoms with E-state index in [4.69, 9.17) is 16.3 Å². The second kappa shape index (κ2) is 9.13. The van der Waals surface area contributed by atoms with Crippen LogP contribution >= 0.6 is 11.6 Å². The Morgan fingerprint density at radius 1 is 1.03 bits per heavy atom. The zero-order chi connectivity index (χ0) is 20.9. The van der Waals surface area contributed by atoms with Gasteiger partial charge in [0, 0.05) is 42.8 Å². The predicted molar refractivity (Wildman–Crippen MR) is 118 cm³/mol. The Hall–Kier alpha value is -3.12. The van der Waals surface area contributed by atoms with Gasteiger partial charge in [0.1, 0.15) is 17.9 Å². The van der Waals surface area contributed by atoms with Crippen molar-refractivity contribution in [2.75, 3.05) is 38.2 Å². The summed E-state index contributed by atoms with van der Waals surface area (Å²) in [4.78, 5) is 25.6. The summed E-state index contributed by atoms with van der Waals surface area (Å²) in [7, 11) is 1.65. The van der Waals surface area contributed by atoms with Gasteiger partial charge in [-0.15, -0.1) is 0 Å². The molecule has 0 aliphatic carbocycles. The van der Waals surface area contributed by atoms with Crippen LogP contribution in [-0.4, -0.2) is 54.1 Å². The maximum atomic E-state index is 12.6. The first-order valence-electron chi connectivity index (χ1n) is 9.86. The number of amides is 1. The van der Waals surface area contributed by atoms with E-state index in [0.717, 1.165) is 41.5 Å². The molecule has 2 heterocycles. The van der Waals surface area contributed by atoms with E-state index in [1.165, 1.54) is 0 Å². The van der Waals surface area contributed by atoms with Crippen LogP contribution in [0.2, 0.25) is 5.02 Å². The normalized spacial score (nSPS) is 13.9. The van der Waals surface area contributed by atoms with Gasteiger partial charge in [0.25, 0.3) is 0 Å². The maximum Gasteiger partial charge on any atom is 0.227 e. The number of methoxy groups -OCH3 is 1. The van der Waals surface area contributed by atoms with Crippen LogP contribution in [0.15, 0.2) is 60.9 Å². The van der Waals surface area contributed by atoms with Gasteiger partial charge in [0.15, 0.2) is 0 Å². The molecule has 1 fully saturated rings. The lowest BCUT2D eigenvalue weighted by Gasteiger charge is -2.35. The van der Waals surface area contributed by atoms with Crippen LogP contribution in [-0.2, 0) is 11.2 Å². The number of anilines is 1. The van der Waals surface area contributed by atoms with E-state index in [1.54, 1.807) is 13.4 Å². The molecule has 1 aliphatic heterocycles. The van der Waals surface area contributed by atoms with E-state index in [2.05, 4.69) is 14.9 Å². The topological polar surface area (TPSA) is 58.6 Å². The van der Waals surface area contributed by atoms with Gasteiger partial charge in [0.05, 0.1) is 19.2 Å².